The number of halogens is 1. The summed E-state index contributed by atoms with van der Waals surface area (Å²) in [4.78, 5) is 6.67. The van der Waals surface area contributed by atoms with E-state index in [1.54, 1.807) is 6.07 Å². The van der Waals surface area contributed by atoms with Crippen LogP contribution >= 0.6 is 11.6 Å². The van der Waals surface area contributed by atoms with E-state index in [4.69, 9.17) is 16.9 Å². The molecule has 0 spiro atoms. The van der Waals surface area contributed by atoms with E-state index >= 15 is 0 Å². The minimum atomic E-state index is 0.252. The lowest BCUT2D eigenvalue weighted by Crippen LogP contribution is -2.23. The molecule has 2 aromatic rings. The van der Waals surface area contributed by atoms with E-state index in [1.807, 2.05) is 26.2 Å². The Morgan fingerprint density at radius 3 is 2.79 bits per heavy atom. The molecule has 19 heavy (non-hydrogen) atoms. The molecular weight excluding hydrogens is 260 g/mol. The average molecular weight is 277 g/mol. The lowest BCUT2D eigenvalue weighted by atomic mass is 10.2. The van der Waals surface area contributed by atoms with Gasteiger partial charge in [0.25, 0.3) is 0 Å². The lowest BCUT2D eigenvalue weighted by molar-refractivity contribution is 0.337. The van der Waals surface area contributed by atoms with E-state index in [0.717, 1.165) is 23.4 Å². The fourth-order valence-corrected chi connectivity index (χ4v) is 2.60. The number of nitrogens with zero attached hydrogens (tertiary/aromatic N) is 4. The largest absolute Gasteiger partial charge is 0.323 e. The number of alkyl halides is 1. The van der Waals surface area contributed by atoms with E-state index in [9.17, 15) is 0 Å². The van der Waals surface area contributed by atoms with E-state index in [2.05, 4.69) is 27.4 Å². The SMILES string of the molecule is CC(CN(C)C)n1c(CCl)nc2ccc(C#N)cc21. The number of fused-ring (bicyclic) bond motifs is 1. The molecule has 1 atom stereocenters. The molecule has 0 aliphatic carbocycles. The first-order valence-electron chi connectivity index (χ1n) is 6.18. The summed E-state index contributed by atoms with van der Waals surface area (Å²) < 4.78 is 2.13. The summed E-state index contributed by atoms with van der Waals surface area (Å²) in [5.41, 5.74) is 2.51. The van der Waals surface area contributed by atoms with Gasteiger partial charge in [-0.2, -0.15) is 5.26 Å². The zero-order valence-electron chi connectivity index (χ0n) is 11.4. The molecule has 0 fully saturated rings. The molecule has 1 aromatic heterocycles. The van der Waals surface area contributed by atoms with Gasteiger partial charge >= 0.3 is 0 Å². The van der Waals surface area contributed by atoms with Gasteiger partial charge < -0.3 is 9.47 Å². The number of nitriles is 1. The Balaban J connectivity index is 2.58. The Labute approximate surface area is 118 Å². The Bertz CT molecular complexity index is 624. The molecule has 100 valence electrons. The molecule has 0 saturated heterocycles. The normalized spacial score (nSPS) is 12.8. The van der Waals surface area contributed by atoms with Gasteiger partial charge in [0.15, 0.2) is 0 Å². The Morgan fingerprint density at radius 2 is 2.21 bits per heavy atom. The highest BCUT2D eigenvalue weighted by molar-refractivity contribution is 6.16. The Morgan fingerprint density at radius 1 is 1.47 bits per heavy atom. The highest BCUT2D eigenvalue weighted by Crippen LogP contribution is 2.23. The fourth-order valence-electron chi connectivity index (χ4n) is 2.41. The molecule has 0 aliphatic rings. The predicted molar refractivity (Wildman–Crippen MR) is 77.3 cm³/mol. The van der Waals surface area contributed by atoms with Crippen LogP contribution in [0.15, 0.2) is 18.2 Å². The summed E-state index contributed by atoms with van der Waals surface area (Å²) in [5.74, 6) is 1.22. The molecule has 1 unspecified atom stereocenters. The molecule has 1 aromatic carbocycles. The van der Waals surface area contributed by atoms with Crippen LogP contribution in [0.1, 0.15) is 24.4 Å². The van der Waals surface area contributed by atoms with Gasteiger partial charge in [0.2, 0.25) is 0 Å². The summed E-state index contributed by atoms with van der Waals surface area (Å²) in [6.07, 6.45) is 0. The maximum absolute atomic E-state index is 9.02. The molecule has 5 heteroatoms. The molecule has 1 heterocycles. The number of likely N-dealkylation sites (N-methyl/N-ethyl adjacent to an activating group) is 1. The quantitative estimate of drug-likeness (QED) is 0.807. The number of hydrogen-bond donors (Lipinski definition) is 0. The maximum atomic E-state index is 9.02. The number of hydrogen-bond acceptors (Lipinski definition) is 3. The highest BCUT2D eigenvalue weighted by Gasteiger charge is 2.16. The van der Waals surface area contributed by atoms with Crippen molar-refractivity contribution in [2.75, 3.05) is 20.6 Å². The van der Waals surface area contributed by atoms with Gasteiger partial charge in [-0.1, -0.05) is 0 Å². The summed E-state index contributed by atoms with van der Waals surface area (Å²) in [7, 11) is 4.08. The van der Waals surface area contributed by atoms with Gasteiger partial charge in [-0.3, -0.25) is 0 Å². The molecular formula is C14H17ClN4. The third kappa shape index (κ3) is 2.73. The number of aromatic nitrogens is 2. The maximum Gasteiger partial charge on any atom is 0.125 e. The van der Waals surface area contributed by atoms with Gasteiger partial charge in [0.1, 0.15) is 5.82 Å². The first-order chi connectivity index (χ1) is 9.06. The molecule has 0 N–H and O–H groups in total. The van der Waals surface area contributed by atoms with Crippen molar-refractivity contribution < 1.29 is 0 Å². The number of imidazole rings is 1. The average Bonchev–Trinajstić information content (AvgIpc) is 2.74. The smallest absolute Gasteiger partial charge is 0.125 e. The third-order valence-electron chi connectivity index (χ3n) is 3.08. The van der Waals surface area contributed by atoms with Crippen LogP contribution in [0.25, 0.3) is 11.0 Å². The molecule has 2 rings (SSSR count). The van der Waals surface area contributed by atoms with Gasteiger partial charge in [0, 0.05) is 12.6 Å². The van der Waals surface area contributed by atoms with Gasteiger partial charge in [0.05, 0.1) is 28.5 Å². The van der Waals surface area contributed by atoms with Crippen molar-refractivity contribution in [2.45, 2.75) is 18.8 Å². The van der Waals surface area contributed by atoms with Gasteiger partial charge in [-0.15, -0.1) is 11.6 Å². The van der Waals surface area contributed by atoms with Crippen molar-refractivity contribution in [3.8, 4) is 6.07 Å². The second-order valence-electron chi connectivity index (χ2n) is 4.96. The summed E-state index contributed by atoms with van der Waals surface area (Å²) in [6.45, 7) is 3.03. The van der Waals surface area contributed by atoms with Gasteiger partial charge in [-0.05, 0) is 39.2 Å². The van der Waals surface area contributed by atoms with Crippen molar-refractivity contribution in [3.63, 3.8) is 0 Å². The summed E-state index contributed by atoms with van der Waals surface area (Å²) in [5, 5.41) is 9.02. The molecule has 0 aliphatic heterocycles. The van der Waals surface area contributed by atoms with Crippen LogP contribution < -0.4 is 0 Å². The van der Waals surface area contributed by atoms with Crippen molar-refractivity contribution in [2.24, 2.45) is 0 Å². The van der Waals surface area contributed by atoms with Crippen molar-refractivity contribution in [3.05, 3.63) is 29.6 Å². The summed E-state index contributed by atoms with van der Waals surface area (Å²) in [6, 6.07) is 7.96. The fraction of sp³-hybridized carbons (Fsp3) is 0.429. The van der Waals surface area contributed by atoms with Gasteiger partial charge in [-0.25, -0.2) is 4.98 Å². The lowest BCUT2D eigenvalue weighted by Gasteiger charge is -2.20. The first-order valence-corrected chi connectivity index (χ1v) is 6.72. The van der Waals surface area contributed by atoms with Crippen LogP contribution in [0.5, 0.6) is 0 Å². The zero-order chi connectivity index (χ0) is 14.0. The molecule has 0 radical (unpaired) electrons. The van der Waals surface area contributed by atoms with E-state index in [1.165, 1.54) is 0 Å². The van der Waals surface area contributed by atoms with Crippen LogP contribution in [-0.2, 0) is 5.88 Å². The van der Waals surface area contributed by atoms with Crippen LogP contribution in [0, 0.1) is 11.3 Å². The second kappa shape index (κ2) is 5.60. The standard InChI is InChI=1S/C14H17ClN4/c1-10(9-18(2)3)19-13-6-11(8-16)4-5-12(13)17-14(19)7-15/h4-6,10H,7,9H2,1-3H3. The van der Waals surface area contributed by atoms with E-state index in [-0.39, 0.29) is 6.04 Å². The Hall–Kier alpha value is -1.57. The molecule has 0 amide bonds. The van der Waals surface area contributed by atoms with Crippen molar-refractivity contribution in [1.82, 2.24) is 14.5 Å². The number of benzene rings is 1. The van der Waals surface area contributed by atoms with Crippen LogP contribution in [-0.4, -0.2) is 35.1 Å². The van der Waals surface area contributed by atoms with Crippen LogP contribution in [0.3, 0.4) is 0 Å². The topological polar surface area (TPSA) is 44.9 Å². The summed E-state index contributed by atoms with van der Waals surface area (Å²) >= 11 is 6.00. The van der Waals surface area contributed by atoms with E-state index in [0.29, 0.717) is 11.4 Å². The molecule has 0 saturated carbocycles. The monoisotopic (exact) mass is 276 g/mol. The van der Waals surface area contributed by atoms with Crippen LogP contribution in [0.2, 0.25) is 0 Å². The van der Waals surface area contributed by atoms with Crippen molar-refractivity contribution in [1.29, 1.82) is 5.26 Å². The Kier molecular flexibility index (Phi) is 4.08. The number of rotatable bonds is 4. The first kappa shape index (κ1) is 13.9. The minimum absolute atomic E-state index is 0.252. The predicted octanol–water partition coefficient (Wildman–Crippen LogP) is 2.77. The van der Waals surface area contributed by atoms with Crippen molar-refractivity contribution >= 4 is 22.6 Å². The molecule has 0 bridgehead atoms. The van der Waals surface area contributed by atoms with E-state index < -0.39 is 0 Å². The van der Waals surface area contributed by atoms with Crippen LogP contribution in [0.4, 0.5) is 0 Å². The zero-order valence-corrected chi connectivity index (χ0v) is 12.1. The third-order valence-corrected chi connectivity index (χ3v) is 3.32. The molecule has 4 nitrogen and oxygen atoms in total. The second-order valence-corrected chi connectivity index (χ2v) is 5.23. The minimum Gasteiger partial charge on any atom is -0.323 e. The highest BCUT2D eigenvalue weighted by atomic mass is 35.5.